The summed E-state index contributed by atoms with van der Waals surface area (Å²) in [4.78, 5) is 4.29. The van der Waals surface area contributed by atoms with Gasteiger partial charge >= 0.3 is 0 Å². The van der Waals surface area contributed by atoms with Crippen molar-refractivity contribution in [2.75, 3.05) is 0 Å². The van der Waals surface area contributed by atoms with Crippen LogP contribution in [0.5, 0.6) is 5.75 Å². The van der Waals surface area contributed by atoms with Crippen LogP contribution in [0.4, 0.5) is 0 Å². The molecular formula is C14H18N2O3. The van der Waals surface area contributed by atoms with Crippen LogP contribution in [0.15, 0.2) is 28.8 Å². The van der Waals surface area contributed by atoms with E-state index in [0.717, 1.165) is 5.56 Å². The Kier molecular flexibility index (Phi) is 3.85. The smallest absolute Gasteiger partial charge is 0.232 e. The van der Waals surface area contributed by atoms with E-state index in [9.17, 15) is 5.11 Å². The van der Waals surface area contributed by atoms with Crippen molar-refractivity contribution in [3.05, 3.63) is 41.5 Å². The number of hydrogen-bond donors (Lipinski definition) is 1. The number of benzene rings is 1. The summed E-state index contributed by atoms with van der Waals surface area (Å²) < 4.78 is 10.8. The summed E-state index contributed by atoms with van der Waals surface area (Å²) in [6.07, 6.45) is 0. The van der Waals surface area contributed by atoms with Crippen molar-refractivity contribution in [1.82, 2.24) is 10.1 Å². The number of para-hydroxylation sites is 1. The molecule has 0 aliphatic heterocycles. The van der Waals surface area contributed by atoms with E-state index in [4.69, 9.17) is 9.26 Å². The minimum Gasteiger partial charge on any atom is -0.485 e. The monoisotopic (exact) mass is 262 g/mol. The van der Waals surface area contributed by atoms with Crippen LogP contribution < -0.4 is 4.74 Å². The summed E-state index contributed by atoms with van der Waals surface area (Å²) in [5.74, 6) is 1.71. The average Bonchev–Trinajstić information content (AvgIpc) is 2.85. The predicted molar refractivity (Wildman–Crippen MR) is 69.7 cm³/mol. The maximum Gasteiger partial charge on any atom is 0.232 e. The Morgan fingerprint density at radius 1 is 1.26 bits per heavy atom. The lowest BCUT2D eigenvalue weighted by Gasteiger charge is -2.10. The van der Waals surface area contributed by atoms with Crippen molar-refractivity contribution in [2.24, 2.45) is 0 Å². The molecule has 0 bridgehead atoms. The van der Waals surface area contributed by atoms with Crippen LogP contribution in [0.3, 0.4) is 0 Å². The van der Waals surface area contributed by atoms with Gasteiger partial charge in [0.1, 0.15) is 5.75 Å². The number of aliphatic hydroxyl groups excluding tert-OH is 1. The van der Waals surface area contributed by atoms with E-state index >= 15 is 0 Å². The number of aliphatic hydroxyl groups is 1. The molecule has 2 rings (SSSR count). The molecule has 1 N–H and O–H groups in total. The van der Waals surface area contributed by atoms with Gasteiger partial charge in [0.2, 0.25) is 11.7 Å². The van der Waals surface area contributed by atoms with Crippen LogP contribution >= 0.6 is 0 Å². The number of aromatic nitrogens is 2. The molecule has 0 aliphatic carbocycles. The van der Waals surface area contributed by atoms with Gasteiger partial charge in [0, 0.05) is 11.0 Å². The van der Waals surface area contributed by atoms with Gasteiger partial charge in [-0.1, -0.05) is 44.1 Å². The van der Waals surface area contributed by atoms with E-state index in [1.807, 2.05) is 39.0 Å². The van der Waals surface area contributed by atoms with Crippen molar-refractivity contribution < 1.29 is 14.4 Å². The second-order valence-electron chi connectivity index (χ2n) is 5.32. The first kappa shape index (κ1) is 13.5. The van der Waals surface area contributed by atoms with Crippen LogP contribution in [-0.2, 0) is 18.6 Å². The molecule has 0 amide bonds. The summed E-state index contributed by atoms with van der Waals surface area (Å²) in [5.41, 5.74) is 0.566. The molecular weight excluding hydrogens is 244 g/mol. The predicted octanol–water partition coefficient (Wildman–Crippen LogP) is 2.44. The van der Waals surface area contributed by atoms with E-state index in [1.165, 1.54) is 0 Å². The fourth-order valence-corrected chi connectivity index (χ4v) is 1.53. The van der Waals surface area contributed by atoms with Crippen LogP contribution in [0.25, 0.3) is 0 Å². The first-order chi connectivity index (χ1) is 9.00. The van der Waals surface area contributed by atoms with E-state index in [0.29, 0.717) is 17.5 Å². The van der Waals surface area contributed by atoms with E-state index in [-0.39, 0.29) is 18.6 Å². The molecule has 102 valence electrons. The van der Waals surface area contributed by atoms with E-state index < -0.39 is 0 Å². The van der Waals surface area contributed by atoms with Gasteiger partial charge in [-0.2, -0.15) is 4.98 Å². The summed E-state index contributed by atoms with van der Waals surface area (Å²) in [7, 11) is 0. The maximum atomic E-state index is 9.20. The van der Waals surface area contributed by atoms with Crippen molar-refractivity contribution in [3.8, 4) is 5.75 Å². The Hall–Kier alpha value is -1.88. The largest absolute Gasteiger partial charge is 0.485 e. The zero-order valence-electron chi connectivity index (χ0n) is 11.4. The Bertz CT molecular complexity index is 544. The van der Waals surface area contributed by atoms with Gasteiger partial charge in [-0.25, -0.2) is 0 Å². The standard InChI is InChI=1S/C14H18N2O3/c1-14(2,3)13-15-12(16-19-13)9-18-11-7-5-4-6-10(11)8-17/h4-7,17H,8-9H2,1-3H3. The molecule has 1 heterocycles. The lowest BCUT2D eigenvalue weighted by Crippen LogP contribution is -2.11. The van der Waals surface area contributed by atoms with Gasteiger partial charge in [0.25, 0.3) is 0 Å². The molecule has 1 aromatic carbocycles. The van der Waals surface area contributed by atoms with Crippen LogP contribution in [0, 0.1) is 0 Å². The Balaban J connectivity index is 2.05. The molecule has 0 spiro atoms. The second kappa shape index (κ2) is 5.40. The molecule has 0 unspecified atom stereocenters. The number of ether oxygens (including phenoxy) is 1. The summed E-state index contributed by atoms with van der Waals surface area (Å²) in [6.45, 7) is 6.18. The first-order valence-electron chi connectivity index (χ1n) is 6.15. The minimum atomic E-state index is -0.172. The zero-order chi connectivity index (χ0) is 13.9. The van der Waals surface area contributed by atoms with Gasteiger partial charge in [0.15, 0.2) is 6.61 Å². The van der Waals surface area contributed by atoms with E-state index in [1.54, 1.807) is 6.07 Å². The third kappa shape index (κ3) is 3.32. The van der Waals surface area contributed by atoms with Crippen LogP contribution in [0.2, 0.25) is 0 Å². The molecule has 2 aromatic rings. The Morgan fingerprint density at radius 2 is 2.00 bits per heavy atom. The fraction of sp³-hybridized carbons (Fsp3) is 0.429. The molecule has 0 saturated carbocycles. The molecule has 0 saturated heterocycles. The summed E-state index contributed by atoms with van der Waals surface area (Å²) in [5, 5.41) is 13.1. The number of hydrogen-bond acceptors (Lipinski definition) is 5. The van der Waals surface area contributed by atoms with Crippen molar-refractivity contribution in [3.63, 3.8) is 0 Å². The third-order valence-corrected chi connectivity index (χ3v) is 2.61. The molecule has 1 aromatic heterocycles. The summed E-state index contributed by atoms with van der Waals surface area (Å²) in [6, 6.07) is 7.32. The van der Waals surface area contributed by atoms with Gasteiger partial charge in [-0.3, -0.25) is 0 Å². The highest BCUT2D eigenvalue weighted by Crippen LogP contribution is 2.21. The lowest BCUT2D eigenvalue weighted by atomic mass is 9.97. The molecule has 5 nitrogen and oxygen atoms in total. The molecule has 0 radical (unpaired) electrons. The van der Waals surface area contributed by atoms with Crippen LogP contribution in [0.1, 0.15) is 38.0 Å². The second-order valence-corrected chi connectivity index (χ2v) is 5.32. The normalized spacial score (nSPS) is 11.6. The fourth-order valence-electron chi connectivity index (χ4n) is 1.53. The molecule has 0 aliphatic rings. The highest BCUT2D eigenvalue weighted by molar-refractivity contribution is 5.32. The van der Waals surface area contributed by atoms with Gasteiger partial charge in [-0.05, 0) is 6.07 Å². The quantitative estimate of drug-likeness (QED) is 0.916. The van der Waals surface area contributed by atoms with Gasteiger partial charge < -0.3 is 14.4 Å². The molecule has 0 atom stereocenters. The van der Waals surface area contributed by atoms with Gasteiger partial charge in [-0.15, -0.1) is 0 Å². The Labute approximate surface area is 112 Å². The summed E-state index contributed by atoms with van der Waals surface area (Å²) >= 11 is 0. The highest BCUT2D eigenvalue weighted by Gasteiger charge is 2.21. The number of nitrogens with zero attached hydrogens (tertiary/aromatic N) is 2. The lowest BCUT2D eigenvalue weighted by molar-refractivity contribution is 0.252. The van der Waals surface area contributed by atoms with E-state index in [2.05, 4.69) is 10.1 Å². The SMILES string of the molecule is CC(C)(C)c1nc(COc2ccccc2CO)no1. The molecule has 0 fully saturated rings. The van der Waals surface area contributed by atoms with Crippen LogP contribution in [-0.4, -0.2) is 15.2 Å². The van der Waals surface area contributed by atoms with Gasteiger partial charge in [0.05, 0.1) is 6.61 Å². The minimum absolute atomic E-state index is 0.0599. The zero-order valence-corrected chi connectivity index (χ0v) is 11.4. The average molecular weight is 262 g/mol. The highest BCUT2D eigenvalue weighted by atomic mass is 16.5. The van der Waals surface area contributed by atoms with Crippen molar-refractivity contribution >= 4 is 0 Å². The maximum absolute atomic E-state index is 9.20. The Morgan fingerprint density at radius 3 is 2.63 bits per heavy atom. The topological polar surface area (TPSA) is 68.4 Å². The molecule has 5 heteroatoms. The van der Waals surface area contributed by atoms with Crippen molar-refractivity contribution in [1.29, 1.82) is 0 Å². The number of rotatable bonds is 4. The first-order valence-corrected chi connectivity index (χ1v) is 6.15. The third-order valence-electron chi connectivity index (χ3n) is 2.61. The van der Waals surface area contributed by atoms with Crippen molar-refractivity contribution in [2.45, 2.75) is 39.4 Å². The molecule has 19 heavy (non-hydrogen) atoms.